The van der Waals surface area contributed by atoms with Gasteiger partial charge < -0.3 is 15.2 Å². The molecule has 1 aromatic carbocycles. The van der Waals surface area contributed by atoms with Crippen molar-refractivity contribution in [2.24, 2.45) is 5.41 Å². The van der Waals surface area contributed by atoms with E-state index in [9.17, 15) is 14.7 Å². The third-order valence-electron chi connectivity index (χ3n) is 3.88. The normalized spacial score (nSPS) is 16.2. The van der Waals surface area contributed by atoms with Crippen LogP contribution in [0.25, 0.3) is 0 Å². The molecule has 0 aliphatic heterocycles. The van der Waals surface area contributed by atoms with E-state index in [1.807, 2.05) is 12.1 Å². The van der Waals surface area contributed by atoms with Gasteiger partial charge in [-0.05, 0) is 30.5 Å². The Morgan fingerprint density at radius 1 is 1.30 bits per heavy atom. The molecule has 1 aromatic rings. The van der Waals surface area contributed by atoms with Gasteiger partial charge in [-0.25, -0.2) is 0 Å². The quantitative estimate of drug-likeness (QED) is 0.831. The zero-order chi connectivity index (χ0) is 14.6. The smallest absolute Gasteiger partial charge is 0.311 e. The number of nitrogens with one attached hydrogen (secondary N) is 1. The van der Waals surface area contributed by atoms with E-state index in [1.54, 1.807) is 19.2 Å². The zero-order valence-electron chi connectivity index (χ0n) is 11.5. The molecular formula is C15H19NO4. The first-order chi connectivity index (χ1) is 9.57. The maximum absolute atomic E-state index is 12.0. The van der Waals surface area contributed by atoms with Crippen LogP contribution in [-0.2, 0) is 16.1 Å². The molecule has 5 nitrogen and oxygen atoms in total. The standard InChI is InChI=1S/C15H19NO4/c1-20-9-11-3-5-12(6-4-11)13(17)16-10-15(14(18)19)7-2-8-15/h3-6H,2,7-10H2,1H3,(H,16,17)(H,18,19). The van der Waals surface area contributed by atoms with E-state index >= 15 is 0 Å². The molecule has 1 fully saturated rings. The monoisotopic (exact) mass is 277 g/mol. The number of carboxylic acid groups (broad SMARTS) is 1. The van der Waals surface area contributed by atoms with Crippen molar-refractivity contribution >= 4 is 11.9 Å². The maximum Gasteiger partial charge on any atom is 0.311 e. The van der Waals surface area contributed by atoms with E-state index < -0.39 is 11.4 Å². The van der Waals surface area contributed by atoms with Crippen molar-refractivity contribution in [1.29, 1.82) is 0 Å². The summed E-state index contributed by atoms with van der Waals surface area (Å²) in [7, 11) is 1.62. The van der Waals surface area contributed by atoms with Gasteiger partial charge in [0.15, 0.2) is 0 Å². The lowest BCUT2D eigenvalue weighted by Crippen LogP contribution is -2.47. The highest BCUT2D eigenvalue weighted by Gasteiger charge is 2.44. The Balaban J connectivity index is 1.93. The molecule has 1 amide bonds. The van der Waals surface area contributed by atoms with Crippen molar-refractivity contribution in [2.45, 2.75) is 25.9 Å². The number of carboxylic acids is 1. The third kappa shape index (κ3) is 2.99. The summed E-state index contributed by atoms with van der Waals surface area (Å²) in [5, 5.41) is 11.9. The minimum Gasteiger partial charge on any atom is -0.481 e. The molecule has 0 bridgehead atoms. The van der Waals surface area contributed by atoms with Crippen LogP contribution in [0.3, 0.4) is 0 Å². The number of rotatable bonds is 6. The maximum atomic E-state index is 12.0. The number of aliphatic carboxylic acids is 1. The molecule has 2 rings (SSSR count). The second kappa shape index (κ2) is 6.05. The van der Waals surface area contributed by atoms with Gasteiger partial charge in [-0.3, -0.25) is 9.59 Å². The first kappa shape index (κ1) is 14.5. The lowest BCUT2D eigenvalue weighted by Gasteiger charge is -2.37. The average molecular weight is 277 g/mol. The summed E-state index contributed by atoms with van der Waals surface area (Å²) in [6.45, 7) is 0.699. The first-order valence-electron chi connectivity index (χ1n) is 6.67. The van der Waals surface area contributed by atoms with Crippen LogP contribution in [-0.4, -0.2) is 30.6 Å². The van der Waals surface area contributed by atoms with Gasteiger partial charge in [0.2, 0.25) is 0 Å². The fourth-order valence-electron chi connectivity index (χ4n) is 2.34. The molecule has 0 heterocycles. The summed E-state index contributed by atoms with van der Waals surface area (Å²) in [6, 6.07) is 7.10. The fourth-order valence-corrected chi connectivity index (χ4v) is 2.34. The molecule has 108 valence electrons. The van der Waals surface area contributed by atoms with E-state index in [1.165, 1.54) is 0 Å². The Morgan fingerprint density at radius 2 is 1.95 bits per heavy atom. The molecule has 20 heavy (non-hydrogen) atoms. The molecule has 1 saturated carbocycles. The van der Waals surface area contributed by atoms with Gasteiger partial charge in [-0.1, -0.05) is 18.6 Å². The molecule has 5 heteroatoms. The van der Waals surface area contributed by atoms with E-state index in [2.05, 4.69) is 5.32 Å². The Labute approximate surface area is 117 Å². The summed E-state index contributed by atoms with van der Waals surface area (Å²) >= 11 is 0. The largest absolute Gasteiger partial charge is 0.481 e. The molecule has 1 aliphatic rings. The average Bonchev–Trinajstić information content (AvgIpc) is 2.38. The predicted molar refractivity (Wildman–Crippen MR) is 73.4 cm³/mol. The SMILES string of the molecule is COCc1ccc(C(=O)NCC2(C(=O)O)CCC2)cc1. The topological polar surface area (TPSA) is 75.6 Å². The van der Waals surface area contributed by atoms with Gasteiger partial charge in [0.05, 0.1) is 12.0 Å². The van der Waals surface area contributed by atoms with Gasteiger partial charge >= 0.3 is 5.97 Å². The van der Waals surface area contributed by atoms with Crippen molar-refractivity contribution in [3.05, 3.63) is 35.4 Å². The number of carbonyl (C=O) groups is 2. The number of ether oxygens (including phenoxy) is 1. The van der Waals surface area contributed by atoms with Crippen molar-refractivity contribution in [2.75, 3.05) is 13.7 Å². The molecule has 0 radical (unpaired) electrons. The van der Waals surface area contributed by atoms with Gasteiger partial charge in [-0.2, -0.15) is 0 Å². The molecule has 1 aliphatic carbocycles. The lowest BCUT2D eigenvalue weighted by atomic mass is 9.69. The number of benzene rings is 1. The highest BCUT2D eigenvalue weighted by atomic mass is 16.5. The van der Waals surface area contributed by atoms with E-state index in [0.717, 1.165) is 12.0 Å². The minimum absolute atomic E-state index is 0.195. The molecular weight excluding hydrogens is 258 g/mol. The van der Waals surface area contributed by atoms with Crippen LogP contribution in [0.2, 0.25) is 0 Å². The van der Waals surface area contributed by atoms with Crippen molar-refractivity contribution in [1.82, 2.24) is 5.32 Å². The van der Waals surface area contributed by atoms with Crippen LogP contribution < -0.4 is 5.32 Å². The first-order valence-corrected chi connectivity index (χ1v) is 6.67. The van der Waals surface area contributed by atoms with Gasteiger partial charge in [0.25, 0.3) is 5.91 Å². The zero-order valence-corrected chi connectivity index (χ0v) is 11.5. The molecule has 0 atom stereocenters. The molecule has 2 N–H and O–H groups in total. The molecule has 0 spiro atoms. The van der Waals surface area contributed by atoms with Gasteiger partial charge in [0.1, 0.15) is 0 Å². The lowest BCUT2D eigenvalue weighted by molar-refractivity contribution is -0.153. The predicted octanol–water partition coefficient (Wildman–Crippen LogP) is 1.82. The van der Waals surface area contributed by atoms with E-state index in [4.69, 9.17) is 4.74 Å². The van der Waals surface area contributed by atoms with Crippen molar-refractivity contribution in [3.63, 3.8) is 0 Å². The summed E-state index contributed by atoms with van der Waals surface area (Å²) in [5.41, 5.74) is 0.765. The second-order valence-electron chi connectivity index (χ2n) is 5.25. The van der Waals surface area contributed by atoms with Crippen LogP contribution in [0.15, 0.2) is 24.3 Å². The summed E-state index contributed by atoms with van der Waals surface area (Å²) < 4.78 is 5.00. The number of hydrogen-bond donors (Lipinski definition) is 2. The van der Waals surface area contributed by atoms with E-state index in [0.29, 0.717) is 25.0 Å². The highest BCUT2D eigenvalue weighted by Crippen LogP contribution is 2.40. The Kier molecular flexibility index (Phi) is 4.39. The van der Waals surface area contributed by atoms with Gasteiger partial charge in [0, 0.05) is 19.2 Å². The summed E-state index contributed by atoms with van der Waals surface area (Å²) in [6.07, 6.45) is 2.18. The minimum atomic E-state index is -0.820. The Hall–Kier alpha value is -1.88. The molecule has 0 unspecified atom stereocenters. The Morgan fingerprint density at radius 3 is 2.40 bits per heavy atom. The van der Waals surface area contributed by atoms with Crippen LogP contribution in [0.1, 0.15) is 35.2 Å². The molecule has 0 aromatic heterocycles. The Bertz CT molecular complexity index is 491. The fraction of sp³-hybridized carbons (Fsp3) is 0.467. The highest BCUT2D eigenvalue weighted by molar-refractivity contribution is 5.94. The van der Waals surface area contributed by atoms with Crippen LogP contribution in [0.4, 0.5) is 0 Å². The van der Waals surface area contributed by atoms with Crippen LogP contribution in [0, 0.1) is 5.41 Å². The van der Waals surface area contributed by atoms with E-state index in [-0.39, 0.29) is 12.5 Å². The number of amides is 1. The van der Waals surface area contributed by atoms with Crippen molar-refractivity contribution < 1.29 is 19.4 Å². The van der Waals surface area contributed by atoms with Crippen molar-refractivity contribution in [3.8, 4) is 0 Å². The molecule has 0 saturated heterocycles. The van der Waals surface area contributed by atoms with Crippen LogP contribution >= 0.6 is 0 Å². The van der Waals surface area contributed by atoms with Gasteiger partial charge in [-0.15, -0.1) is 0 Å². The number of carbonyl (C=O) groups excluding carboxylic acids is 1. The number of methoxy groups -OCH3 is 1. The summed E-state index contributed by atoms with van der Waals surface area (Å²) in [4.78, 5) is 23.2. The second-order valence-corrected chi connectivity index (χ2v) is 5.25. The third-order valence-corrected chi connectivity index (χ3v) is 3.88. The summed E-state index contributed by atoms with van der Waals surface area (Å²) in [5.74, 6) is -1.05. The number of hydrogen-bond acceptors (Lipinski definition) is 3. The van der Waals surface area contributed by atoms with Crippen LogP contribution in [0.5, 0.6) is 0 Å².